The van der Waals surface area contributed by atoms with Crippen molar-refractivity contribution >= 4 is 38.7 Å². The van der Waals surface area contributed by atoms with E-state index in [1.54, 1.807) is 5.56 Å². The summed E-state index contributed by atoms with van der Waals surface area (Å²) in [5.74, 6) is 0. The SMILES string of the molecule is CC(C)(C)N[Si](C)(C)C1C=C(N2CCCCC2)c2ccccc21.Cl.Cl.[Zr]. The molecule has 1 unspecified atom stereocenters. The Morgan fingerprint density at radius 3 is 2.15 bits per heavy atom. The Hall–Kier alpha value is 0.400. The van der Waals surface area contributed by atoms with Crippen LogP contribution in [0.25, 0.3) is 5.70 Å². The number of benzene rings is 1. The Labute approximate surface area is 192 Å². The second kappa shape index (κ2) is 10.3. The number of hydrogen-bond acceptors (Lipinski definition) is 2. The number of halogens is 2. The summed E-state index contributed by atoms with van der Waals surface area (Å²) in [4.78, 5) is 6.61. The number of nitrogens with zero attached hydrogens (tertiary/aromatic N) is 1. The summed E-state index contributed by atoms with van der Waals surface area (Å²) >= 11 is 0. The van der Waals surface area contributed by atoms with Crippen LogP contribution in [-0.4, -0.2) is 31.8 Å². The zero-order valence-electron chi connectivity index (χ0n) is 16.8. The second-order valence-corrected chi connectivity index (χ2v) is 13.1. The summed E-state index contributed by atoms with van der Waals surface area (Å²) in [5, 5.41) is 0. The molecule has 26 heavy (non-hydrogen) atoms. The molecule has 0 amide bonds. The van der Waals surface area contributed by atoms with Crippen molar-refractivity contribution in [2.75, 3.05) is 13.1 Å². The van der Waals surface area contributed by atoms with E-state index in [1.165, 1.54) is 43.6 Å². The van der Waals surface area contributed by atoms with Crippen LogP contribution >= 0.6 is 24.8 Å². The van der Waals surface area contributed by atoms with Crippen LogP contribution in [0.3, 0.4) is 0 Å². The van der Waals surface area contributed by atoms with E-state index in [2.05, 4.69) is 74.1 Å². The van der Waals surface area contributed by atoms with Gasteiger partial charge in [0, 0.05) is 61.6 Å². The third kappa shape index (κ3) is 5.95. The van der Waals surface area contributed by atoms with E-state index in [9.17, 15) is 0 Å². The van der Waals surface area contributed by atoms with E-state index < -0.39 is 8.24 Å². The fourth-order valence-electron chi connectivity index (χ4n) is 4.39. The standard InChI is InChI=1S/C20H32N2Si.2ClH.Zr/c1-20(2,3)21-23(4,5)19-15-18(22-13-9-6-10-14-22)16-11-7-8-12-17(16)19;;;/h7-8,11-12,15,19,21H,6,9-10,13-14H2,1-5H3;2*1H;. The maximum atomic E-state index is 3.98. The number of likely N-dealkylation sites (tertiary alicyclic amines) is 1. The van der Waals surface area contributed by atoms with Crippen molar-refractivity contribution in [1.29, 1.82) is 0 Å². The minimum absolute atomic E-state index is 0. The molecule has 6 heteroatoms. The second-order valence-electron chi connectivity index (χ2n) is 8.76. The Morgan fingerprint density at radius 2 is 1.58 bits per heavy atom. The molecule has 1 N–H and O–H groups in total. The first-order chi connectivity index (χ1) is 10.8. The van der Waals surface area contributed by atoms with E-state index in [4.69, 9.17) is 0 Å². The predicted molar refractivity (Wildman–Crippen MR) is 117 cm³/mol. The molecule has 0 bridgehead atoms. The van der Waals surface area contributed by atoms with Gasteiger partial charge >= 0.3 is 0 Å². The number of allylic oxidation sites excluding steroid dienone is 1. The quantitative estimate of drug-likeness (QED) is 0.554. The van der Waals surface area contributed by atoms with Crippen molar-refractivity contribution in [1.82, 2.24) is 9.88 Å². The maximum Gasteiger partial charge on any atom is 0.131 e. The summed E-state index contributed by atoms with van der Waals surface area (Å²) in [6.07, 6.45) is 6.65. The van der Waals surface area contributed by atoms with Gasteiger partial charge in [-0.3, -0.25) is 0 Å². The van der Waals surface area contributed by atoms with Crippen LogP contribution in [-0.2, 0) is 26.2 Å². The van der Waals surface area contributed by atoms with Crippen LogP contribution in [0.4, 0.5) is 0 Å². The first-order valence-electron chi connectivity index (χ1n) is 9.13. The summed E-state index contributed by atoms with van der Waals surface area (Å²) < 4.78 is 0. The van der Waals surface area contributed by atoms with Crippen molar-refractivity contribution in [3.05, 3.63) is 41.5 Å². The molecule has 0 spiro atoms. The molecule has 1 atom stereocenters. The van der Waals surface area contributed by atoms with E-state index in [1.807, 2.05) is 0 Å². The fraction of sp³-hybridized carbons (Fsp3) is 0.600. The van der Waals surface area contributed by atoms with Crippen LogP contribution in [0.1, 0.15) is 56.7 Å². The van der Waals surface area contributed by atoms with Gasteiger partial charge in [0.15, 0.2) is 0 Å². The zero-order valence-corrected chi connectivity index (χ0v) is 21.9. The van der Waals surface area contributed by atoms with Crippen molar-refractivity contribution in [3.63, 3.8) is 0 Å². The molecule has 1 aliphatic heterocycles. The average Bonchev–Trinajstić information content (AvgIpc) is 2.86. The summed E-state index contributed by atoms with van der Waals surface area (Å²) in [5.41, 5.74) is 5.26. The number of rotatable bonds is 3. The third-order valence-corrected chi connectivity index (χ3v) is 8.49. The topological polar surface area (TPSA) is 15.3 Å². The van der Waals surface area contributed by atoms with Gasteiger partial charge in [-0.25, -0.2) is 0 Å². The Kier molecular flexibility index (Phi) is 10.4. The Balaban J connectivity index is 0.00000208. The summed E-state index contributed by atoms with van der Waals surface area (Å²) in [7, 11) is -1.62. The molecule has 1 saturated heterocycles. The third-order valence-electron chi connectivity index (χ3n) is 5.07. The van der Waals surface area contributed by atoms with Crippen molar-refractivity contribution < 1.29 is 26.2 Å². The molecule has 0 saturated carbocycles. The van der Waals surface area contributed by atoms with Crippen LogP contribution in [0, 0.1) is 0 Å². The summed E-state index contributed by atoms with van der Waals surface area (Å²) in [6.45, 7) is 14.3. The maximum absolute atomic E-state index is 3.98. The van der Waals surface area contributed by atoms with Gasteiger partial charge in [0.2, 0.25) is 0 Å². The van der Waals surface area contributed by atoms with Gasteiger partial charge in [0.25, 0.3) is 0 Å². The molecule has 0 aromatic heterocycles. The molecule has 2 nitrogen and oxygen atoms in total. The van der Waals surface area contributed by atoms with E-state index in [0.29, 0.717) is 5.54 Å². The minimum atomic E-state index is -1.62. The molecular weight excluding hydrogens is 458 g/mol. The minimum Gasteiger partial charge on any atom is -0.371 e. The zero-order chi connectivity index (χ0) is 16.7. The van der Waals surface area contributed by atoms with Gasteiger partial charge in [-0.15, -0.1) is 24.8 Å². The largest absolute Gasteiger partial charge is 0.371 e. The van der Waals surface area contributed by atoms with E-state index in [0.717, 1.165) is 0 Å². The summed E-state index contributed by atoms with van der Waals surface area (Å²) in [6, 6.07) is 9.09. The first-order valence-corrected chi connectivity index (χ1v) is 12.2. The molecule has 0 radical (unpaired) electrons. The molecule has 2 aliphatic rings. The fourth-order valence-corrected chi connectivity index (χ4v) is 8.08. The molecule has 1 heterocycles. The van der Waals surface area contributed by atoms with Crippen LogP contribution in [0.5, 0.6) is 0 Å². The molecule has 3 rings (SSSR count). The Morgan fingerprint density at radius 1 is 1.00 bits per heavy atom. The number of fused-ring (bicyclic) bond motifs is 1. The van der Waals surface area contributed by atoms with Gasteiger partial charge in [0.1, 0.15) is 8.24 Å². The van der Waals surface area contributed by atoms with Gasteiger partial charge < -0.3 is 9.88 Å². The number of nitrogens with one attached hydrogen (secondary N) is 1. The average molecular weight is 493 g/mol. The van der Waals surface area contributed by atoms with Gasteiger partial charge in [-0.1, -0.05) is 43.4 Å². The van der Waals surface area contributed by atoms with Gasteiger partial charge in [-0.05, 0) is 45.6 Å². The van der Waals surface area contributed by atoms with Crippen molar-refractivity contribution in [3.8, 4) is 0 Å². The predicted octanol–water partition coefficient (Wildman–Crippen LogP) is 5.58. The van der Waals surface area contributed by atoms with Crippen LogP contribution < -0.4 is 4.98 Å². The van der Waals surface area contributed by atoms with Crippen LogP contribution in [0.15, 0.2) is 30.3 Å². The molecule has 1 fully saturated rings. The van der Waals surface area contributed by atoms with Gasteiger partial charge in [0.05, 0.1) is 0 Å². The molecule has 1 aromatic rings. The Bertz CT molecular complexity index is 608. The molecule has 1 aromatic carbocycles. The first kappa shape index (κ1) is 26.4. The molecule has 146 valence electrons. The monoisotopic (exact) mass is 490 g/mol. The van der Waals surface area contributed by atoms with Crippen molar-refractivity contribution in [2.45, 2.75) is 64.2 Å². The van der Waals surface area contributed by atoms with E-state index in [-0.39, 0.29) is 56.6 Å². The number of piperidine rings is 1. The number of hydrogen-bond donors (Lipinski definition) is 1. The molecule has 1 aliphatic carbocycles. The van der Waals surface area contributed by atoms with Gasteiger partial charge in [-0.2, -0.15) is 0 Å². The molecular formula is C20H34Cl2N2SiZr. The van der Waals surface area contributed by atoms with Crippen molar-refractivity contribution in [2.24, 2.45) is 0 Å². The smallest absolute Gasteiger partial charge is 0.131 e. The normalized spacial score (nSPS) is 19.5. The van der Waals surface area contributed by atoms with Crippen LogP contribution in [0.2, 0.25) is 13.1 Å². The van der Waals surface area contributed by atoms with E-state index >= 15 is 0 Å².